The SMILES string of the molecule is C1CCCCC1.C=C.C=C.C=C.N.N.N.N.O=[P+](O)O. The smallest absolute Gasteiger partial charge is 0.344 e. The van der Waals surface area contributed by atoms with Crippen molar-refractivity contribution in [1.82, 2.24) is 24.6 Å². The van der Waals surface area contributed by atoms with Crippen molar-refractivity contribution >= 4 is 8.25 Å². The molecule has 7 nitrogen and oxygen atoms in total. The van der Waals surface area contributed by atoms with E-state index in [1.165, 1.54) is 38.5 Å². The summed E-state index contributed by atoms with van der Waals surface area (Å²) in [6.07, 6.45) is 9.00. The summed E-state index contributed by atoms with van der Waals surface area (Å²) in [5.74, 6) is 0. The molecule has 14 N–H and O–H groups in total. The molecular formula is C12H38N4O3P+. The molecule has 0 aromatic heterocycles. The van der Waals surface area contributed by atoms with Crippen LogP contribution in [0.25, 0.3) is 0 Å². The molecule has 1 fully saturated rings. The zero-order valence-electron chi connectivity index (χ0n) is 13.1. The minimum absolute atomic E-state index is 0. The van der Waals surface area contributed by atoms with Crippen LogP contribution in [0.1, 0.15) is 38.5 Å². The van der Waals surface area contributed by atoms with Gasteiger partial charge in [0.2, 0.25) is 0 Å². The molecule has 0 unspecified atom stereocenters. The summed E-state index contributed by atoms with van der Waals surface area (Å²) in [5.41, 5.74) is 0. The molecule has 0 aliphatic heterocycles. The molecule has 1 aliphatic rings. The van der Waals surface area contributed by atoms with E-state index < -0.39 is 8.25 Å². The normalized spacial score (nSPS) is 9.10. The van der Waals surface area contributed by atoms with Crippen LogP contribution in [-0.4, -0.2) is 9.79 Å². The summed E-state index contributed by atoms with van der Waals surface area (Å²) in [4.78, 5) is 14.2. The van der Waals surface area contributed by atoms with Gasteiger partial charge in [0.25, 0.3) is 0 Å². The first-order chi connectivity index (χ1) is 7.73. The Labute approximate surface area is 126 Å². The molecule has 1 aliphatic carbocycles. The van der Waals surface area contributed by atoms with Gasteiger partial charge < -0.3 is 24.6 Å². The summed E-state index contributed by atoms with van der Waals surface area (Å²) >= 11 is 0. The van der Waals surface area contributed by atoms with Crippen molar-refractivity contribution in [3.05, 3.63) is 39.5 Å². The molecule has 1 rings (SSSR count). The Morgan fingerprint density at radius 3 is 0.650 bits per heavy atom. The highest BCUT2D eigenvalue weighted by Crippen LogP contribution is 2.15. The van der Waals surface area contributed by atoms with Gasteiger partial charge in [-0.25, -0.2) is 0 Å². The molecule has 0 saturated heterocycles. The molecule has 0 aromatic carbocycles. The molecule has 1 saturated carbocycles. The van der Waals surface area contributed by atoms with E-state index in [9.17, 15) is 0 Å². The van der Waals surface area contributed by atoms with Crippen molar-refractivity contribution in [3.8, 4) is 0 Å². The predicted molar refractivity (Wildman–Crippen MR) is 93.6 cm³/mol. The van der Waals surface area contributed by atoms with E-state index in [0.717, 1.165) is 0 Å². The van der Waals surface area contributed by atoms with Crippen LogP contribution in [-0.2, 0) is 4.57 Å². The lowest BCUT2D eigenvalue weighted by Crippen LogP contribution is -1.85. The van der Waals surface area contributed by atoms with Gasteiger partial charge in [0, 0.05) is 4.57 Å². The van der Waals surface area contributed by atoms with Gasteiger partial charge in [0.1, 0.15) is 0 Å². The van der Waals surface area contributed by atoms with Crippen LogP contribution < -0.4 is 24.6 Å². The molecule has 0 heterocycles. The van der Waals surface area contributed by atoms with Crippen molar-refractivity contribution in [2.45, 2.75) is 38.5 Å². The second-order valence-corrected chi connectivity index (χ2v) is 2.88. The molecule has 0 amide bonds. The number of rotatable bonds is 0. The fourth-order valence-electron chi connectivity index (χ4n) is 1.06. The summed E-state index contributed by atoms with van der Waals surface area (Å²) in [7, 11) is -2.87. The average Bonchev–Trinajstić information content (AvgIpc) is 2.38. The zero-order chi connectivity index (χ0) is 13.8. The molecule has 20 heavy (non-hydrogen) atoms. The third-order valence-corrected chi connectivity index (χ3v) is 1.50. The fourth-order valence-corrected chi connectivity index (χ4v) is 1.06. The van der Waals surface area contributed by atoms with Crippen molar-refractivity contribution in [1.29, 1.82) is 0 Å². The molecule has 0 aromatic rings. The van der Waals surface area contributed by atoms with Crippen LogP contribution in [0.3, 0.4) is 0 Å². The Balaban J connectivity index is -0.0000000157. The van der Waals surface area contributed by atoms with E-state index in [1.807, 2.05) is 0 Å². The zero-order valence-corrected chi connectivity index (χ0v) is 14.0. The molecule has 8 heteroatoms. The lowest BCUT2D eigenvalue weighted by atomic mass is 10.0. The largest absolute Gasteiger partial charge is 0.692 e. The second kappa shape index (κ2) is 80.8. The topological polar surface area (TPSA) is 198 Å². The minimum Gasteiger partial charge on any atom is -0.344 e. The fraction of sp³-hybridized carbons (Fsp3) is 0.500. The molecule has 0 spiro atoms. The van der Waals surface area contributed by atoms with Crippen molar-refractivity contribution in [2.75, 3.05) is 0 Å². The maximum atomic E-state index is 8.70. The highest BCUT2D eigenvalue weighted by Gasteiger charge is 1.95. The number of hydrogen-bond donors (Lipinski definition) is 6. The van der Waals surface area contributed by atoms with Gasteiger partial charge in [-0.1, -0.05) is 38.5 Å². The molecule has 0 radical (unpaired) electrons. The Kier molecular flexibility index (Phi) is 205. The van der Waals surface area contributed by atoms with Crippen LogP contribution >= 0.6 is 8.25 Å². The Morgan fingerprint density at radius 1 is 0.550 bits per heavy atom. The molecular weight excluding hydrogens is 279 g/mol. The van der Waals surface area contributed by atoms with E-state index in [1.54, 1.807) is 0 Å². The first-order valence-electron chi connectivity index (χ1n) is 5.08. The van der Waals surface area contributed by atoms with E-state index in [2.05, 4.69) is 39.5 Å². The van der Waals surface area contributed by atoms with Gasteiger partial charge in [-0.15, -0.1) is 49.3 Å². The molecule has 0 atom stereocenters. The third kappa shape index (κ3) is 171. The lowest BCUT2D eigenvalue weighted by Gasteiger charge is -2.05. The van der Waals surface area contributed by atoms with Gasteiger partial charge in [-0.05, 0) is 0 Å². The third-order valence-electron chi connectivity index (χ3n) is 1.50. The van der Waals surface area contributed by atoms with E-state index in [0.29, 0.717) is 0 Å². The van der Waals surface area contributed by atoms with Crippen LogP contribution in [0.5, 0.6) is 0 Å². The Hall–Kier alpha value is -0.920. The lowest BCUT2D eigenvalue weighted by molar-refractivity contribution is 0.405. The summed E-state index contributed by atoms with van der Waals surface area (Å²) < 4.78 is 8.70. The maximum Gasteiger partial charge on any atom is 0.692 e. The standard InChI is InChI=1S/C6H12.3C2H4.4H3N.HO3P/c1-2-4-6-5-3-1;3*1-2;;;;;1-4(2)3/h1-6H2;3*1-2H2;4*1H3;(H-,1,2,3)/p+1. The van der Waals surface area contributed by atoms with Crippen molar-refractivity contribution in [2.24, 2.45) is 0 Å². The summed E-state index contributed by atoms with van der Waals surface area (Å²) in [6.45, 7) is 18.0. The van der Waals surface area contributed by atoms with E-state index >= 15 is 0 Å². The van der Waals surface area contributed by atoms with E-state index in [-0.39, 0.29) is 24.6 Å². The number of hydrogen-bond acceptors (Lipinski definition) is 5. The highest BCUT2D eigenvalue weighted by molar-refractivity contribution is 7.30. The van der Waals surface area contributed by atoms with Crippen LogP contribution in [0.15, 0.2) is 39.5 Å². The average molecular weight is 317 g/mol. The van der Waals surface area contributed by atoms with Gasteiger partial charge in [-0.3, -0.25) is 0 Å². The summed E-state index contributed by atoms with van der Waals surface area (Å²) in [5, 5.41) is 0. The van der Waals surface area contributed by atoms with Crippen LogP contribution in [0, 0.1) is 0 Å². The first-order valence-corrected chi connectivity index (χ1v) is 6.25. The Morgan fingerprint density at radius 2 is 0.600 bits per heavy atom. The molecule has 0 bridgehead atoms. The van der Waals surface area contributed by atoms with Crippen LogP contribution in [0.4, 0.5) is 0 Å². The van der Waals surface area contributed by atoms with Gasteiger partial charge in [0.15, 0.2) is 0 Å². The summed E-state index contributed by atoms with van der Waals surface area (Å²) in [6, 6.07) is 0. The minimum atomic E-state index is -2.87. The molecule has 128 valence electrons. The second-order valence-electron chi connectivity index (χ2n) is 2.37. The van der Waals surface area contributed by atoms with Gasteiger partial charge in [0.05, 0.1) is 0 Å². The van der Waals surface area contributed by atoms with Crippen molar-refractivity contribution in [3.63, 3.8) is 0 Å². The van der Waals surface area contributed by atoms with Gasteiger partial charge in [-0.2, -0.15) is 0 Å². The van der Waals surface area contributed by atoms with Gasteiger partial charge >= 0.3 is 8.25 Å². The maximum absolute atomic E-state index is 8.70. The van der Waals surface area contributed by atoms with Crippen LogP contribution in [0.2, 0.25) is 0 Å². The monoisotopic (exact) mass is 317 g/mol. The highest BCUT2D eigenvalue weighted by atomic mass is 31.1. The quantitative estimate of drug-likeness (QED) is 0.266. The Bertz CT molecular complexity index is 120. The van der Waals surface area contributed by atoms with E-state index in [4.69, 9.17) is 14.4 Å². The first kappa shape index (κ1) is 50.8. The predicted octanol–water partition coefficient (Wildman–Crippen LogP) is 5.02. The van der Waals surface area contributed by atoms with Crippen molar-refractivity contribution < 1.29 is 14.4 Å².